The first-order valence-corrected chi connectivity index (χ1v) is 10.6. The monoisotopic (exact) mass is 529 g/mol. The highest BCUT2D eigenvalue weighted by molar-refractivity contribution is 14.0. The molecular formula is C19H32IN9O. The van der Waals surface area contributed by atoms with E-state index >= 15 is 0 Å². The average molecular weight is 529 g/mol. The smallest absolute Gasteiger partial charge is 0.191 e. The summed E-state index contributed by atoms with van der Waals surface area (Å²) in [6, 6.07) is 0.257. The van der Waals surface area contributed by atoms with Crippen molar-refractivity contribution in [2.45, 2.75) is 77.7 Å². The van der Waals surface area contributed by atoms with Gasteiger partial charge in [-0.05, 0) is 26.2 Å². The highest BCUT2D eigenvalue weighted by atomic mass is 127. The van der Waals surface area contributed by atoms with Crippen molar-refractivity contribution in [3.05, 3.63) is 23.3 Å². The number of halogens is 1. The highest BCUT2D eigenvalue weighted by Crippen LogP contribution is 2.15. The lowest BCUT2D eigenvalue weighted by Crippen LogP contribution is -2.47. The fraction of sp³-hybridized carbons (Fsp3) is 0.737. The maximum Gasteiger partial charge on any atom is 0.191 e. The SMILES string of the molecule is CCNC(=NCc1nnc2n1CCCCC2)NC1CCc2nc(COC)nn2C1.I. The third-order valence-electron chi connectivity index (χ3n) is 5.43. The molecule has 11 heteroatoms. The van der Waals surface area contributed by atoms with E-state index in [2.05, 4.69) is 42.4 Å². The average Bonchev–Trinajstić information content (AvgIpc) is 3.21. The summed E-state index contributed by atoms with van der Waals surface area (Å²) >= 11 is 0. The van der Waals surface area contributed by atoms with Crippen molar-refractivity contribution < 1.29 is 4.74 Å². The second kappa shape index (κ2) is 11.0. The molecule has 2 aliphatic rings. The van der Waals surface area contributed by atoms with Crippen LogP contribution in [0.2, 0.25) is 0 Å². The largest absolute Gasteiger partial charge is 0.377 e. The zero-order valence-corrected chi connectivity index (χ0v) is 20.1. The lowest BCUT2D eigenvalue weighted by molar-refractivity contribution is 0.177. The van der Waals surface area contributed by atoms with Gasteiger partial charge in [0, 0.05) is 39.1 Å². The second-order valence-corrected chi connectivity index (χ2v) is 7.63. The number of nitrogens with one attached hydrogen (secondary N) is 2. The van der Waals surface area contributed by atoms with E-state index in [1.165, 1.54) is 19.3 Å². The van der Waals surface area contributed by atoms with Crippen molar-refractivity contribution in [1.29, 1.82) is 0 Å². The lowest BCUT2D eigenvalue weighted by atomic mass is 10.1. The number of aryl methyl sites for hydroxylation is 2. The molecule has 10 nitrogen and oxygen atoms in total. The van der Waals surface area contributed by atoms with Crippen LogP contribution in [0.3, 0.4) is 0 Å². The van der Waals surface area contributed by atoms with Crippen LogP contribution in [-0.2, 0) is 43.8 Å². The quantitative estimate of drug-likeness (QED) is 0.331. The summed E-state index contributed by atoms with van der Waals surface area (Å²) < 4.78 is 9.38. The van der Waals surface area contributed by atoms with E-state index in [4.69, 9.17) is 9.73 Å². The minimum absolute atomic E-state index is 0. The van der Waals surface area contributed by atoms with Crippen LogP contribution in [0.5, 0.6) is 0 Å². The topological polar surface area (TPSA) is 107 Å². The maximum atomic E-state index is 5.15. The Morgan fingerprint density at radius 2 is 2.10 bits per heavy atom. The van der Waals surface area contributed by atoms with E-state index in [-0.39, 0.29) is 30.0 Å². The summed E-state index contributed by atoms with van der Waals surface area (Å²) in [5.74, 6) is 4.64. The van der Waals surface area contributed by atoms with Crippen LogP contribution >= 0.6 is 24.0 Å². The first-order valence-electron chi connectivity index (χ1n) is 10.6. The number of fused-ring (bicyclic) bond motifs is 2. The molecule has 30 heavy (non-hydrogen) atoms. The van der Waals surface area contributed by atoms with Gasteiger partial charge in [0.15, 0.2) is 17.6 Å². The van der Waals surface area contributed by atoms with E-state index in [0.29, 0.717) is 13.2 Å². The summed E-state index contributed by atoms with van der Waals surface area (Å²) in [4.78, 5) is 9.33. The molecule has 4 heterocycles. The zero-order valence-electron chi connectivity index (χ0n) is 17.8. The molecule has 0 fully saturated rings. The molecule has 0 radical (unpaired) electrons. The van der Waals surface area contributed by atoms with Gasteiger partial charge in [0.2, 0.25) is 0 Å². The Kier molecular flexibility index (Phi) is 8.42. The molecule has 4 rings (SSSR count). The number of hydrogen-bond acceptors (Lipinski definition) is 6. The lowest BCUT2D eigenvalue weighted by Gasteiger charge is -2.25. The molecule has 0 aliphatic carbocycles. The number of rotatable bonds is 6. The normalized spacial score (nSPS) is 18.7. The Hall–Kier alpha value is -1.76. The van der Waals surface area contributed by atoms with Crippen LogP contribution in [-0.4, -0.2) is 55.2 Å². The van der Waals surface area contributed by atoms with Crippen molar-refractivity contribution in [3.63, 3.8) is 0 Å². The molecule has 0 aromatic carbocycles. The molecule has 1 atom stereocenters. The molecule has 2 aromatic rings. The summed E-state index contributed by atoms with van der Waals surface area (Å²) in [6.45, 7) is 5.64. The summed E-state index contributed by atoms with van der Waals surface area (Å²) in [5, 5.41) is 20.2. The van der Waals surface area contributed by atoms with E-state index in [1.807, 2.05) is 4.68 Å². The highest BCUT2D eigenvalue weighted by Gasteiger charge is 2.22. The molecule has 2 N–H and O–H groups in total. The van der Waals surface area contributed by atoms with E-state index in [9.17, 15) is 0 Å². The van der Waals surface area contributed by atoms with Gasteiger partial charge in [-0.15, -0.1) is 34.2 Å². The molecule has 2 aromatic heterocycles. The van der Waals surface area contributed by atoms with Crippen molar-refractivity contribution >= 4 is 29.9 Å². The van der Waals surface area contributed by atoms with Gasteiger partial charge < -0.3 is 19.9 Å². The number of guanidine groups is 1. The Morgan fingerprint density at radius 3 is 2.93 bits per heavy atom. The Balaban J connectivity index is 0.00000256. The Labute approximate surface area is 194 Å². The van der Waals surface area contributed by atoms with Crippen molar-refractivity contribution in [2.75, 3.05) is 13.7 Å². The Bertz CT molecular complexity index is 847. The number of aromatic nitrogens is 6. The fourth-order valence-corrected chi connectivity index (χ4v) is 3.99. The molecular weight excluding hydrogens is 497 g/mol. The zero-order chi connectivity index (χ0) is 20.1. The molecule has 0 spiro atoms. The van der Waals surface area contributed by atoms with E-state index in [1.54, 1.807) is 7.11 Å². The van der Waals surface area contributed by atoms with Crippen molar-refractivity contribution in [1.82, 2.24) is 40.2 Å². The summed E-state index contributed by atoms with van der Waals surface area (Å²) in [7, 11) is 1.66. The minimum atomic E-state index is 0. The van der Waals surface area contributed by atoms with Crippen LogP contribution in [0.25, 0.3) is 0 Å². The molecule has 0 saturated carbocycles. The van der Waals surface area contributed by atoms with Gasteiger partial charge in [-0.25, -0.2) is 14.7 Å². The standard InChI is InChI=1S/C19H31N9O.HI/c1-3-20-19(21-11-18-25-24-17-7-5-4-6-10-27(17)18)22-14-8-9-16-23-15(13-29-2)26-28(16)12-14;/h14H,3-13H2,1-2H3,(H2,20,21,22);1H. The second-order valence-electron chi connectivity index (χ2n) is 7.63. The molecule has 0 bridgehead atoms. The first-order chi connectivity index (χ1) is 14.3. The molecule has 2 aliphatic heterocycles. The third kappa shape index (κ3) is 5.48. The molecule has 166 valence electrons. The molecule has 0 saturated heterocycles. The summed E-state index contributed by atoms with van der Waals surface area (Å²) in [5.41, 5.74) is 0. The number of nitrogens with zero attached hydrogens (tertiary/aromatic N) is 7. The third-order valence-corrected chi connectivity index (χ3v) is 5.43. The van der Waals surface area contributed by atoms with Gasteiger partial charge in [-0.1, -0.05) is 6.42 Å². The number of aliphatic imine (C=N–C) groups is 1. The predicted molar refractivity (Wildman–Crippen MR) is 124 cm³/mol. The maximum absolute atomic E-state index is 5.15. The Morgan fingerprint density at radius 1 is 1.20 bits per heavy atom. The van der Waals surface area contributed by atoms with Gasteiger partial charge in [-0.3, -0.25) is 0 Å². The predicted octanol–water partition coefficient (Wildman–Crippen LogP) is 1.43. The van der Waals surface area contributed by atoms with Gasteiger partial charge in [0.05, 0.1) is 6.54 Å². The fourth-order valence-electron chi connectivity index (χ4n) is 3.99. The van der Waals surface area contributed by atoms with Gasteiger partial charge >= 0.3 is 0 Å². The molecule has 1 unspecified atom stereocenters. The molecule has 0 amide bonds. The van der Waals surface area contributed by atoms with Crippen LogP contribution < -0.4 is 10.6 Å². The minimum Gasteiger partial charge on any atom is -0.377 e. The van der Waals surface area contributed by atoms with Crippen molar-refractivity contribution in [3.8, 4) is 0 Å². The van der Waals surface area contributed by atoms with Gasteiger partial charge in [0.1, 0.15) is 24.8 Å². The number of ether oxygens (including phenoxy) is 1. The van der Waals surface area contributed by atoms with Gasteiger partial charge in [0.25, 0.3) is 0 Å². The van der Waals surface area contributed by atoms with E-state index < -0.39 is 0 Å². The number of hydrogen-bond donors (Lipinski definition) is 2. The van der Waals surface area contributed by atoms with Crippen LogP contribution in [0, 0.1) is 0 Å². The number of methoxy groups -OCH3 is 1. The van der Waals surface area contributed by atoms with E-state index in [0.717, 1.165) is 68.2 Å². The first kappa shape index (κ1) is 22.9. The van der Waals surface area contributed by atoms with Gasteiger partial charge in [-0.2, -0.15) is 5.10 Å². The van der Waals surface area contributed by atoms with Crippen LogP contribution in [0.1, 0.15) is 55.9 Å². The summed E-state index contributed by atoms with van der Waals surface area (Å²) in [6.07, 6.45) is 6.55. The van der Waals surface area contributed by atoms with Crippen LogP contribution in [0.4, 0.5) is 0 Å². The van der Waals surface area contributed by atoms with Crippen molar-refractivity contribution in [2.24, 2.45) is 4.99 Å². The van der Waals surface area contributed by atoms with Crippen LogP contribution in [0.15, 0.2) is 4.99 Å².